The molecule has 0 aromatic heterocycles. The molecule has 60 valence electrons. The molecule has 10 heavy (non-hydrogen) atoms. The average Bonchev–Trinajstić information content (AvgIpc) is 1.89. The monoisotopic (exact) mass is 220 g/mol. The Morgan fingerprint density at radius 3 is 1.90 bits per heavy atom. The molecule has 0 amide bonds. The summed E-state index contributed by atoms with van der Waals surface area (Å²) >= 11 is 0. The van der Waals surface area contributed by atoms with Crippen molar-refractivity contribution >= 4 is 0 Å². The zero-order valence-electron chi connectivity index (χ0n) is 6.90. The molecule has 0 spiro atoms. The van der Waals surface area contributed by atoms with E-state index in [0.29, 0.717) is 6.61 Å². The van der Waals surface area contributed by atoms with E-state index in [2.05, 4.69) is 6.92 Å². The van der Waals surface area contributed by atoms with E-state index in [4.69, 9.17) is 5.11 Å². The molecule has 0 unspecified atom stereocenters. The van der Waals surface area contributed by atoms with Gasteiger partial charge in [-0.1, -0.05) is 39.0 Å². The summed E-state index contributed by atoms with van der Waals surface area (Å²) in [5.74, 6) is 0. The van der Waals surface area contributed by atoms with Crippen LogP contribution in [0.5, 0.6) is 0 Å². The second kappa shape index (κ2) is 12.5. The summed E-state index contributed by atoms with van der Waals surface area (Å²) in [7, 11) is 0. The third-order valence-corrected chi connectivity index (χ3v) is 1.51. The molecule has 0 aromatic carbocycles. The van der Waals surface area contributed by atoms with Crippen molar-refractivity contribution in [1.82, 2.24) is 0 Å². The van der Waals surface area contributed by atoms with Crippen LogP contribution in [0.3, 0.4) is 0 Å². The number of aliphatic hydroxyl groups excluding tert-OH is 1. The molecular formula is C8H18OZr. The molecule has 0 saturated carbocycles. The Morgan fingerprint density at radius 2 is 1.40 bits per heavy atom. The van der Waals surface area contributed by atoms with Gasteiger partial charge in [-0.25, -0.2) is 0 Å². The van der Waals surface area contributed by atoms with Crippen molar-refractivity contribution in [2.24, 2.45) is 0 Å². The van der Waals surface area contributed by atoms with Crippen molar-refractivity contribution in [1.29, 1.82) is 0 Å². The van der Waals surface area contributed by atoms with Gasteiger partial charge in [0.25, 0.3) is 0 Å². The summed E-state index contributed by atoms with van der Waals surface area (Å²) in [6.07, 6.45) is 7.50. The first kappa shape index (κ1) is 13.4. The SMILES string of the molecule is CCCCCCCCO.[Zr]. The fourth-order valence-corrected chi connectivity index (χ4v) is 0.892. The van der Waals surface area contributed by atoms with Gasteiger partial charge in [0, 0.05) is 32.8 Å². The standard InChI is InChI=1S/C8H18O.Zr/c1-2-3-4-5-6-7-8-9;/h9H,2-8H2,1H3;. The first-order valence-electron chi connectivity index (χ1n) is 4.02. The van der Waals surface area contributed by atoms with Gasteiger partial charge >= 0.3 is 0 Å². The quantitative estimate of drug-likeness (QED) is 0.683. The molecule has 2 heteroatoms. The molecule has 1 nitrogen and oxygen atoms in total. The van der Waals surface area contributed by atoms with Gasteiger partial charge in [0.2, 0.25) is 0 Å². The van der Waals surface area contributed by atoms with Gasteiger partial charge in [-0.15, -0.1) is 0 Å². The Bertz CT molecular complexity index is 42.5. The Balaban J connectivity index is 0. The number of unbranched alkanes of at least 4 members (excludes halogenated alkanes) is 5. The van der Waals surface area contributed by atoms with Crippen molar-refractivity contribution in [3.8, 4) is 0 Å². The Labute approximate surface area is 83.3 Å². The smallest absolute Gasteiger partial charge is 0.0431 e. The summed E-state index contributed by atoms with van der Waals surface area (Å²) in [6, 6.07) is 0. The predicted octanol–water partition coefficient (Wildman–Crippen LogP) is 2.34. The van der Waals surface area contributed by atoms with E-state index in [0.717, 1.165) is 6.42 Å². The minimum absolute atomic E-state index is 0. The van der Waals surface area contributed by atoms with Crippen molar-refractivity contribution < 1.29 is 31.3 Å². The predicted molar refractivity (Wildman–Crippen MR) is 40.5 cm³/mol. The van der Waals surface area contributed by atoms with Crippen LogP contribution in [0, 0.1) is 0 Å². The van der Waals surface area contributed by atoms with E-state index < -0.39 is 0 Å². The van der Waals surface area contributed by atoms with Gasteiger partial charge < -0.3 is 5.11 Å². The average molecular weight is 221 g/mol. The van der Waals surface area contributed by atoms with Crippen molar-refractivity contribution in [2.45, 2.75) is 45.4 Å². The van der Waals surface area contributed by atoms with Crippen LogP contribution in [-0.2, 0) is 26.2 Å². The summed E-state index contributed by atoms with van der Waals surface area (Å²) in [6.45, 7) is 2.58. The molecule has 0 saturated heterocycles. The number of hydrogen-bond acceptors (Lipinski definition) is 1. The van der Waals surface area contributed by atoms with Crippen LogP contribution in [0.4, 0.5) is 0 Å². The molecule has 0 radical (unpaired) electrons. The molecule has 0 fully saturated rings. The maximum atomic E-state index is 8.42. The van der Waals surface area contributed by atoms with Gasteiger partial charge in [0.05, 0.1) is 0 Å². The summed E-state index contributed by atoms with van der Waals surface area (Å²) in [5, 5.41) is 8.42. The van der Waals surface area contributed by atoms with E-state index in [1.165, 1.54) is 32.1 Å². The molecule has 0 aromatic rings. The zero-order valence-corrected chi connectivity index (χ0v) is 9.36. The van der Waals surface area contributed by atoms with Crippen molar-refractivity contribution in [2.75, 3.05) is 6.61 Å². The van der Waals surface area contributed by atoms with Crippen LogP contribution < -0.4 is 0 Å². The molecule has 0 aliphatic rings. The van der Waals surface area contributed by atoms with Gasteiger partial charge in [0.1, 0.15) is 0 Å². The molecule has 0 bridgehead atoms. The van der Waals surface area contributed by atoms with Crippen LogP contribution in [-0.4, -0.2) is 11.7 Å². The minimum atomic E-state index is 0. The second-order valence-corrected chi connectivity index (χ2v) is 2.49. The first-order valence-corrected chi connectivity index (χ1v) is 4.02. The van der Waals surface area contributed by atoms with Gasteiger partial charge in [-0.3, -0.25) is 0 Å². The molecule has 0 aliphatic heterocycles. The molecule has 0 atom stereocenters. The van der Waals surface area contributed by atoms with Crippen LogP contribution in [0.2, 0.25) is 0 Å². The normalized spacial score (nSPS) is 9.00. The van der Waals surface area contributed by atoms with Crippen LogP contribution in [0.1, 0.15) is 45.4 Å². The first-order chi connectivity index (χ1) is 4.41. The maximum absolute atomic E-state index is 8.42. The van der Waals surface area contributed by atoms with E-state index in [1.54, 1.807) is 0 Å². The van der Waals surface area contributed by atoms with Crippen LogP contribution in [0.25, 0.3) is 0 Å². The van der Waals surface area contributed by atoms with Crippen molar-refractivity contribution in [3.63, 3.8) is 0 Å². The summed E-state index contributed by atoms with van der Waals surface area (Å²) in [4.78, 5) is 0. The Morgan fingerprint density at radius 1 is 0.900 bits per heavy atom. The molecule has 0 heterocycles. The largest absolute Gasteiger partial charge is 0.396 e. The fourth-order valence-electron chi connectivity index (χ4n) is 0.892. The Kier molecular flexibility index (Phi) is 16.8. The van der Waals surface area contributed by atoms with E-state index in [9.17, 15) is 0 Å². The second-order valence-electron chi connectivity index (χ2n) is 2.49. The molecule has 0 aliphatic carbocycles. The molecular weight excluding hydrogens is 203 g/mol. The maximum Gasteiger partial charge on any atom is 0.0431 e. The van der Waals surface area contributed by atoms with Crippen LogP contribution in [0.15, 0.2) is 0 Å². The van der Waals surface area contributed by atoms with E-state index >= 15 is 0 Å². The van der Waals surface area contributed by atoms with E-state index in [1.807, 2.05) is 0 Å². The summed E-state index contributed by atoms with van der Waals surface area (Å²) < 4.78 is 0. The fraction of sp³-hybridized carbons (Fsp3) is 1.00. The van der Waals surface area contributed by atoms with Crippen molar-refractivity contribution in [3.05, 3.63) is 0 Å². The van der Waals surface area contributed by atoms with Crippen LogP contribution >= 0.6 is 0 Å². The third-order valence-electron chi connectivity index (χ3n) is 1.51. The number of rotatable bonds is 6. The Hall–Kier alpha value is 0.843. The van der Waals surface area contributed by atoms with E-state index in [-0.39, 0.29) is 26.2 Å². The zero-order chi connectivity index (χ0) is 6.95. The summed E-state index contributed by atoms with van der Waals surface area (Å²) in [5.41, 5.74) is 0. The topological polar surface area (TPSA) is 20.2 Å². The third kappa shape index (κ3) is 11.6. The number of aliphatic hydroxyl groups is 1. The van der Waals surface area contributed by atoms with Gasteiger partial charge in [0.15, 0.2) is 0 Å². The molecule has 1 N–H and O–H groups in total. The molecule has 0 rings (SSSR count). The minimum Gasteiger partial charge on any atom is -0.396 e. The van der Waals surface area contributed by atoms with Gasteiger partial charge in [-0.05, 0) is 6.42 Å². The van der Waals surface area contributed by atoms with Gasteiger partial charge in [-0.2, -0.15) is 0 Å². The number of hydrogen-bond donors (Lipinski definition) is 1.